The molecule has 1 fully saturated rings. The number of aliphatic hydroxyl groups is 1. The van der Waals surface area contributed by atoms with Gasteiger partial charge in [0, 0.05) is 19.6 Å². The highest BCUT2D eigenvalue weighted by Gasteiger charge is 2.40. The summed E-state index contributed by atoms with van der Waals surface area (Å²) >= 11 is 0. The zero-order valence-electron chi connectivity index (χ0n) is 20.9. The van der Waals surface area contributed by atoms with Gasteiger partial charge in [0.05, 0.1) is 18.7 Å². The Hall–Kier alpha value is -3.93. The van der Waals surface area contributed by atoms with Crippen molar-refractivity contribution in [2.45, 2.75) is 38.2 Å². The molecule has 0 radical (unpaired) electrons. The molecule has 1 N–H and O–H groups in total. The number of hydrazine groups is 1. The maximum Gasteiger partial charge on any atom is 0.335 e. The summed E-state index contributed by atoms with van der Waals surface area (Å²) in [6.45, 7) is 1.76. The number of benzene rings is 4. The molecular formula is C32H33N3O2. The molecule has 5 rings (SSSR count). The van der Waals surface area contributed by atoms with Gasteiger partial charge in [-0.05, 0) is 28.7 Å². The number of rotatable bonds is 8. The number of β-amino-alcohol motifs (C(OH)–C–C–N with tert-alkyl or cyclic N) is 1. The standard InChI is InChI=1S/C32H33N3O2/c36-31-25-33(22-27-15-7-2-8-16-27)35(24-29-19-11-4-12-20-29)32(37)34(23-28-17-9-3-10-18-28)30(31)21-26-13-5-1-6-14-26/h1-20,30-31,36H,21-25H2/t30-,31-/m1/s1. The van der Waals surface area contributed by atoms with Crippen LogP contribution in [-0.4, -0.2) is 44.7 Å². The molecule has 2 amide bonds. The van der Waals surface area contributed by atoms with E-state index in [4.69, 9.17) is 0 Å². The van der Waals surface area contributed by atoms with E-state index in [-0.39, 0.29) is 12.1 Å². The van der Waals surface area contributed by atoms with Gasteiger partial charge in [-0.25, -0.2) is 9.80 Å². The number of aliphatic hydroxyl groups excluding tert-OH is 1. The van der Waals surface area contributed by atoms with E-state index in [0.29, 0.717) is 32.6 Å². The van der Waals surface area contributed by atoms with Gasteiger partial charge in [-0.2, -0.15) is 0 Å². The minimum Gasteiger partial charge on any atom is -0.390 e. The van der Waals surface area contributed by atoms with Crippen LogP contribution in [0.3, 0.4) is 0 Å². The van der Waals surface area contributed by atoms with Crippen LogP contribution in [-0.2, 0) is 26.1 Å². The summed E-state index contributed by atoms with van der Waals surface area (Å²) < 4.78 is 0. The molecule has 1 aliphatic heterocycles. The number of hydrogen-bond donors (Lipinski definition) is 1. The zero-order valence-corrected chi connectivity index (χ0v) is 20.9. The highest BCUT2D eigenvalue weighted by Crippen LogP contribution is 2.26. The first kappa shape index (κ1) is 24.8. The van der Waals surface area contributed by atoms with Crippen LogP contribution in [0.2, 0.25) is 0 Å². The van der Waals surface area contributed by atoms with E-state index in [1.807, 2.05) is 112 Å². The molecule has 0 aliphatic carbocycles. The number of hydrogen-bond acceptors (Lipinski definition) is 3. The molecule has 1 aliphatic rings. The van der Waals surface area contributed by atoms with Gasteiger partial charge in [-0.3, -0.25) is 5.01 Å². The minimum absolute atomic E-state index is 0.0962. The molecule has 2 atom stereocenters. The van der Waals surface area contributed by atoms with Crippen LogP contribution in [0.15, 0.2) is 121 Å². The van der Waals surface area contributed by atoms with Gasteiger partial charge in [0.25, 0.3) is 0 Å². The summed E-state index contributed by atoms with van der Waals surface area (Å²) in [4.78, 5) is 16.3. The summed E-state index contributed by atoms with van der Waals surface area (Å²) in [5.41, 5.74) is 4.28. The van der Waals surface area contributed by atoms with Gasteiger partial charge in [0.1, 0.15) is 0 Å². The third-order valence-electron chi connectivity index (χ3n) is 6.92. The molecule has 0 aromatic heterocycles. The molecule has 4 aromatic carbocycles. The van der Waals surface area contributed by atoms with E-state index in [1.54, 1.807) is 0 Å². The number of carbonyl (C=O) groups is 1. The summed E-state index contributed by atoms with van der Waals surface area (Å²) in [6.07, 6.45) is -0.142. The van der Waals surface area contributed by atoms with Crippen LogP contribution < -0.4 is 0 Å². The quantitative estimate of drug-likeness (QED) is 0.353. The van der Waals surface area contributed by atoms with Crippen LogP contribution in [0.5, 0.6) is 0 Å². The fourth-order valence-electron chi connectivity index (χ4n) is 4.99. The van der Waals surface area contributed by atoms with E-state index in [9.17, 15) is 9.90 Å². The SMILES string of the molecule is O=C1N(Cc2ccccc2)[C@H](Cc2ccccc2)[C@H](O)CN(Cc2ccccc2)N1Cc1ccccc1. The average molecular weight is 492 g/mol. The molecule has 0 unspecified atom stereocenters. The largest absolute Gasteiger partial charge is 0.390 e. The van der Waals surface area contributed by atoms with Crippen LogP contribution in [0.4, 0.5) is 4.79 Å². The van der Waals surface area contributed by atoms with Gasteiger partial charge in [-0.15, -0.1) is 0 Å². The Balaban J connectivity index is 1.53. The highest BCUT2D eigenvalue weighted by molar-refractivity contribution is 5.75. The molecule has 1 saturated heterocycles. The van der Waals surface area contributed by atoms with Gasteiger partial charge < -0.3 is 10.0 Å². The fraction of sp³-hybridized carbons (Fsp3) is 0.219. The van der Waals surface area contributed by atoms with Crippen LogP contribution >= 0.6 is 0 Å². The number of amides is 2. The number of urea groups is 1. The Kier molecular flexibility index (Phi) is 7.94. The third kappa shape index (κ3) is 6.26. The Labute approximate surface area is 219 Å². The first-order chi connectivity index (χ1) is 18.2. The molecule has 5 nitrogen and oxygen atoms in total. The molecule has 5 heteroatoms. The van der Waals surface area contributed by atoms with Gasteiger partial charge in [-0.1, -0.05) is 121 Å². The topological polar surface area (TPSA) is 47.0 Å². The van der Waals surface area contributed by atoms with Crippen LogP contribution in [0, 0.1) is 0 Å². The fourth-order valence-corrected chi connectivity index (χ4v) is 4.99. The Morgan fingerprint density at radius 3 is 1.54 bits per heavy atom. The van der Waals surface area contributed by atoms with Crippen molar-refractivity contribution >= 4 is 6.03 Å². The molecule has 37 heavy (non-hydrogen) atoms. The average Bonchev–Trinajstić information content (AvgIpc) is 3.02. The molecular weight excluding hydrogens is 458 g/mol. The first-order valence-electron chi connectivity index (χ1n) is 12.8. The van der Waals surface area contributed by atoms with Crippen molar-refractivity contribution < 1.29 is 9.90 Å². The Bertz CT molecular complexity index is 1250. The van der Waals surface area contributed by atoms with Crippen molar-refractivity contribution in [3.63, 3.8) is 0 Å². The summed E-state index contributed by atoms with van der Waals surface area (Å²) in [5.74, 6) is 0. The van der Waals surface area contributed by atoms with Crippen molar-refractivity contribution in [2.24, 2.45) is 0 Å². The van der Waals surface area contributed by atoms with Crippen molar-refractivity contribution in [2.75, 3.05) is 6.54 Å². The Morgan fingerprint density at radius 1 is 0.595 bits per heavy atom. The predicted molar refractivity (Wildman–Crippen MR) is 146 cm³/mol. The van der Waals surface area contributed by atoms with Crippen molar-refractivity contribution in [3.05, 3.63) is 144 Å². The van der Waals surface area contributed by atoms with E-state index >= 15 is 0 Å². The second kappa shape index (κ2) is 11.9. The minimum atomic E-state index is -0.725. The lowest BCUT2D eigenvalue weighted by Gasteiger charge is -2.36. The maximum absolute atomic E-state index is 14.4. The second-order valence-corrected chi connectivity index (χ2v) is 9.60. The monoisotopic (exact) mass is 491 g/mol. The summed E-state index contributed by atoms with van der Waals surface area (Å²) in [5, 5.41) is 15.5. The lowest BCUT2D eigenvalue weighted by atomic mass is 9.99. The van der Waals surface area contributed by atoms with E-state index in [1.165, 1.54) is 0 Å². The molecule has 0 spiro atoms. The van der Waals surface area contributed by atoms with Gasteiger partial charge in [0.15, 0.2) is 0 Å². The number of carbonyl (C=O) groups excluding carboxylic acids is 1. The van der Waals surface area contributed by atoms with E-state index in [2.05, 4.69) is 24.3 Å². The van der Waals surface area contributed by atoms with Gasteiger partial charge >= 0.3 is 6.03 Å². The third-order valence-corrected chi connectivity index (χ3v) is 6.92. The predicted octanol–water partition coefficient (Wildman–Crippen LogP) is 5.51. The number of nitrogens with zero attached hydrogens (tertiary/aromatic N) is 3. The highest BCUT2D eigenvalue weighted by atomic mass is 16.3. The molecule has 0 saturated carbocycles. The lowest BCUT2D eigenvalue weighted by Crippen LogP contribution is -2.51. The Morgan fingerprint density at radius 2 is 1.03 bits per heavy atom. The van der Waals surface area contributed by atoms with Crippen LogP contribution in [0.25, 0.3) is 0 Å². The summed E-state index contributed by atoms with van der Waals surface area (Å²) in [6, 6.07) is 39.9. The molecule has 188 valence electrons. The van der Waals surface area contributed by atoms with Crippen molar-refractivity contribution in [1.82, 2.24) is 14.9 Å². The van der Waals surface area contributed by atoms with Crippen LogP contribution in [0.1, 0.15) is 22.3 Å². The molecule has 0 bridgehead atoms. The van der Waals surface area contributed by atoms with Crippen molar-refractivity contribution in [1.29, 1.82) is 0 Å². The molecule has 4 aromatic rings. The van der Waals surface area contributed by atoms with Crippen molar-refractivity contribution in [3.8, 4) is 0 Å². The van der Waals surface area contributed by atoms with Gasteiger partial charge in [0.2, 0.25) is 0 Å². The van der Waals surface area contributed by atoms with E-state index < -0.39 is 6.10 Å². The zero-order chi connectivity index (χ0) is 25.5. The second-order valence-electron chi connectivity index (χ2n) is 9.60. The smallest absolute Gasteiger partial charge is 0.335 e. The van der Waals surface area contributed by atoms with E-state index in [0.717, 1.165) is 22.3 Å². The maximum atomic E-state index is 14.4. The normalized spacial score (nSPS) is 18.6. The first-order valence-corrected chi connectivity index (χ1v) is 12.8. The summed E-state index contributed by atoms with van der Waals surface area (Å²) in [7, 11) is 0. The lowest BCUT2D eigenvalue weighted by molar-refractivity contribution is -0.0213. The molecule has 1 heterocycles.